The number of nitrogens with one attached hydrogen (secondary N) is 2. The first-order chi connectivity index (χ1) is 17.0. The average Bonchev–Trinajstić information content (AvgIpc) is 3.59. The van der Waals surface area contributed by atoms with Crippen molar-refractivity contribution in [2.75, 3.05) is 28.0 Å². The first-order valence-electron chi connectivity index (χ1n) is 10.9. The molecule has 3 aromatic heterocycles. The lowest BCUT2D eigenvalue weighted by atomic mass is 9.96. The SMILES string of the molecule is O=C(Nc1ccc(S(=O)(=O)Nc2nccs2)cc1)C1CCN(c2ccc(-c3ccco3)nn2)CC1. The third-order valence-electron chi connectivity index (χ3n) is 5.70. The largest absolute Gasteiger partial charge is 0.463 e. The van der Waals surface area contributed by atoms with E-state index in [-0.39, 0.29) is 16.7 Å². The third-order valence-corrected chi connectivity index (χ3v) is 7.87. The van der Waals surface area contributed by atoms with Gasteiger partial charge in [-0.25, -0.2) is 13.4 Å². The van der Waals surface area contributed by atoms with E-state index in [1.807, 2.05) is 18.2 Å². The number of hydrogen-bond acceptors (Lipinski definition) is 9. The quantitative estimate of drug-likeness (QED) is 0.383. The maximum absolute atomic E-state index is 12.8. The van der Waals surface area contributed by atoms with E-state index in [4.69, 9.17) is 4.42 Å². The van der Waals surface area contributed by atoms with Crippen molar-refractivity contribution in [3.8, 4) is 11.5 Å². The highest BCUT2D eigenvalue weighted by atomic mass is 32.2. The van der Waals surface area contributed by atoms with Crippen molar-refractivity contribution in [2.24, 2.45) is 5.92 Å². The zero-order valence-electron chi connectivity index (χ0n) is 18.5. The minimum Gasteiger partial charge on any atom is -0.463 e. The Hall–Kier alpha value is -3.77. The second-order valence-corrected chi connectivity index (χ2v) is 10.5. The van der Waals surface area contributed by atoms with Crippen molar-refractivity contribution < 1.29 is 17.6 Å². The number of carbonyl (C=O) groups is 1. The number of benzene rings is 1. The van der Waals surface area contributed by atoms with E-state index in [0.29, 0.717) is 48.2 Å². The van der Waals surface area contributed by atoms with Crippen LogP contribution in [0.25, 0.3) is 11.5 Å². The molecule has 2 N–H and O–H groups in total. The minimum atomic E-state index is -3.73. The Morgan fingerprint density at radius 1 is 1.06 bits per heavy atom. The first kappa shape index (κ1) is 23.0. The van der Waals surface area contributed by atoms with Gasteiger partial charge >= 0.3 is 0 Å². The normalized spacial score (nSPS) is 14.6. The number of furan rings is 1. The number of anilines is 3. The Morgan fingerprint density at radius 2 is 1.86 bits per heavy atom. The summed E-state index contributed by atoms with van der Waals surface area (Å²) in [6.07, 6.45) is 4.48. The molecule has 0 atom stereocenters. The summed E-state index contributed by atoms with van der Waals surface area (Å²) in [5.41, 5.74) is 1.22. The number of piperidine rings is 1. The number of aromatic nitrogens is 3. The van der Waals surface area contributed by atoms with Crippen LogP contribution >= 0.6 is 11.3 Å². The van der Waals surface area contributed by atoms with Gasteiger partial charge in [-0.15, -0.1) is 21.5 Å². The molecule has 10 nitrogen and oxygen atoms in total. The van der Waals surface area contributed by atoms with Crippen molar-refractivity contribution in [1.82, 2.24) is 15.2 Å². The Morgan fingerprint density at radius 3 is 2.49 bits per heavy atom. The Kier molecular flexibility index (Phi) is 6.47. The van der Waals surface area contributed by atoms with Gasteiger partial charge in [-0.3, -0.25) is 9.52 Å². The molecule has 0 saturated carbocycles. The molecule has 5 rings (SSSR count). The Balaban J connectivity index is 1.14. The maximum Gasteiger partial charge on any atom is 0.263 e. The summed E-state index contributed by atoms with van der Waals surface area (Å²) in [4.78, 5) is 18.9. The minimum absolute atomic E-state index is 0.0829. The molecule has 1 saturated heterocycles. The van der Waals surface area contributed by atoms with E-state index < -0.39 is 10.0 Å². The Labute approximate surface area is 206 Å². The van der Waals surface area contributed by atoms with Gasteiger partial charge in [-0.1, -0.05) is 0 Å². The molecule has 4 aromatic rings. The average molecular weight is 511 g/mol. The van der Waals surface area contributed by atoms with E-state index in [9.17, 15) is 13.2 Å². The fraction of sp³-hybridized carbons (Fsp3) is 0.217. The molecule has 1 fully saturated rings. The molecule has 180 valence electrons. The van der Waals surface area contributed by atoms with Gasteiger partial charge in [0, 0.05) is 36.3 Å². The molecule has 1 aromatic carbocycles. The van der Waals surface area contributed by atoms with Crippen LogP contribution in [0.5, 0.6) is 0 Å². The molecule has 4 heterocycles. The molecule has 0 unspecified atom stereocenters. The Bertz CT molecular complexity index is 1370. The summed E-state index contributed by atoms with van der Waals surface area (Å²) in [6.45, 7) is 1.37. The lowest BCUT2D eigenvalue weighted by molar-refractivity contribution is -0.120. The number of nitrogens with zero attached hydrogens (tertiary/aromatic N) is 4. The number of carbonyl (C=O) groups excluding carboxylic acids is 1. The molecule has 0 radical (unpaired) electrons. The molecule has 1 aliphatic rings. The third kappa shape index (κ3) is 5.33. The van der Waals surface area contributed by atoms with Crippen molar-refractivity contribution in [3.05, 3.63) is 66.4 Å². The summed E-state index contributed by atoms with van der Waals surface area (Å²) in [7, 11) is -3.73. The van der Waals surface area contributed by atoms with Crippen LogP contribution in [0, 0.1) is 5.92 Å². The molecule has 0 bridgehead atoms. The van der Waals surface area contributed by atoms with Crippen molar-refractivity contribution in [2.45, 2.75) is 17.7 Å². The molecule has 0 aliphatic carbocycles. The van der Waals surface area contributed by atoms with E-state index in [2.05, 4.69) is 30.1 Å². The number of hydrogen-bond donors (Lipinski definition) is 2. The van der Waals surface area contributed by atoms with Gasteiger partial charge in [0.1, 0.15) is 5.69 Å². The van der Waals surface area contributed by atoms with Crippen LogP contribution in [0.2, 0.25) is 0 Å². The van der Waals surface area contributed by atoms with E-state index >= 15 is 0 Å². The van der Waals surface area contributed by atoms with Crippen LogP contribution in [0.4, 0.5) is 16.6 Å². The number of thiazole rings is 1. The summed E-state index contributed by atoms with van der Waals surface area (Å²) in [6, 6.07) is 13.5. The van der Waals surface area contributed by atoms with Crippen LogP contribution in [-0.2, 0) is 14.8 Å². The zero-order chi connectivity index (χ0) is 24.3. The topological polar surface area (TPSA) is 130 Å². The van der Waals surface area contributed by atoms with Crippen molar-refractivity contribution in [1.29, 1.82) is 0 Å². The van der Waals surface area contributed by atoms with Gasteiger partial charge in [-0.2, -0.15) is 0 Å². The van der Waals surface area contributed by atoms with Gasteiger partial charge in [0.25, 0.3) is 10.0 Å². The van der Waals surface area contributed by atoms with Crippen LogP contribution in [0.3, 0.4) is 0 Å². The molecular weight excluding hydrogens is 488 g/mol. The summed E-state index contributed by atoms with van der Waals surface area (Å²) in [5.74, 6) is 1.21. The van der Waals surface area contributed by atoms with Crippen molar-refractivity contribution in [3.63, 3.8) is 0 Å². The van der Waals surface area contributed by atoms with Crippen LogP contribution in [0.15, 0.2) is 75.7 Å². The van der Waals surface area contributed by atoms with E-state index in [1.54, 1.807) is 29.8 Å². The van der Waals surface area contributed by atoms with Crippen LogP contribution < -0.4 is 14.9 Å². The summed E-state index contributed by atoms with van der Waals surface area (Å²) >= 11 is 1.20. The zero-order valence-corrected chi connectivity index (χ0v) is 20.1. The fourth-order valence-corrected chi connectivity index (χ4v) is 5.62. The van der Waals surface area contributed by atoms with Gasteiger partial charge < -0.3 is 14.6 Å². The van der Waals surface area contributed by atoms with E-state index in [1.165, 1.54) is 29.7 Å². The molecule has 1 aliphatic heterocycles. The molecule has 1 amide bonds. The van der Waals surface area contributed by atoms with Gasteiger partial charge in [0.15, 0.2) is 16.7 Å². The molecular formula is C23H22N6O4S2. The summed E-state index contributed by atoms with van der Waals surface area (Å²) in [5, 5.41) is 13.4. The number of amides is 1. The van der Waals surface area contributed by atoms with E-state index in [0.717, 1.165) is 5.82 Å². The fourth-order valence-electron chi connectivity index (χ4n) is 3.83. The maximum atomic E-state index is 12.8. The predicted octanol–water partition coefficient (Wildman–Crippen LogP) is 3.85. The van der Waals surface area contributed by atoms with Crippen molar-refractivity contribution >= 4 is 43.9 Å². The smallest absolute Gasteiger partial charge is 0.263 e. The highest BCUT2D eigenvalue weighted by molar-refractivity contribution is 7.93. The molecule has 0 spiro atoms. The lowest BCUT2D eigenvalue weighted by Gasteiger charge is -2.31. The monoisotopic (exact) mass is 510 g/mol. The standard InChI is InChI=1S/C23H22N6O4S2/c30-22(25-17-3-5-18(6-4-17)35(31,32)28-23-24-11-15-34-23)16-9-12-29(13-10-16)21-8-7-19(26-27-21)20-2-1-14-33-20/h1-8,11,14-16H,9-10,12-13H2,(H,24,28)(H,25,30). The second kappa shape index (κ2) is 9.84. The first-order valence-corrected chi connectivity index (χ1v) is 13.3. The highest BCUT2D eigenvalue weighted by Crippen LogP contribution is 2.25. The number of sulfonamides is 1. The van der Waals surface area contributed by atoms with Crippen LogP contribution in [-0.4, -0.2) is 42.6 Å². The van der Waals surface area contributed by atoms with Crippen LogP contribution in [0.1, 0.15) is 12.8 Å². The van der Waals surface area contributed by atoms with Gasteiger partial charge in [0.2, 0.25) is 5.91 Å². The van der Waals surface area contributed by atoms with Gasteiger partial charge in [0.05, 0.1) is 11.2 Å². The highest BCUT2D eigenvalue weighted by Gasteiger charge is 2.26. The number of rotatable bonds is 7. The molecule has 12 heteroatoms. The molecule has 35 heavy (non-hydrogen) atoms. The predicted molar refractivity (Wildman–Crippen MR) is 133 cm³/mol. The second-order valence-electron chi connectivity index (χ2n) is 7.97. The lowest BCUT2D eigenvalue weighted by Crippen LogP contribution is -2.38. The summed E-state index contributed by atoms with van der Waals surface area (Å²) < 4.78 is 32.7. The van der Waals surface area contributed by atoms with Gasteiger partial charge in [-0.05, 0) is 61.4 Å².